The van der Waals surface area contributed by atoms with Gasteiger partial charge in [-0.2, -0.15) is 19.9 Å². The Morgan fingerprint density at radius 3 is 1.91 bits per heavy atom. The van der Waals surface area contributed by atoms with Crippen molar-refractivity contribution in [1.82, 2.24) is 9.78 Å². The van der Waals surface area contributed by atoms with Gasteiger partial charge in [-0.25, -0.2) is 9.59 Å². The van der Waals surface area contributed by atoms with Gasteiger partial charge in [-0.15, -0.1) is 0 Å². The molecule has 0 spiro atoms. The minimum absolute atomic E-state index is 0.0169. The molecule has 1 N–H and O–H groups in total. The first-order valence-corrected chi connectivity index (χ1v) is 15.1. The average Bonchev–Trinajstić information content (AvgIpc) is 3.44. The normalized spacial score (nSPS) is 14.2. The van der Waals surface area contributed by atoms with Crippen molar-refractivity contribution in [1.29, 1.82) is 0 Å². The lowest BCUT2D eigenvalue weighted by Crippen LogP contribution is -2.23. The molecule has 2 aromatic carbocycles. The second kappa shape index (κ2) is 14.7. The van der Waals surface area contributed by atoms with E-state index in [1.165, 1.54) is 54.6 Å². The van der Waals surface area contributed by atoms with Crippen LogP contribution in [0.3, 0.4) is 0 Å². The van der Waals surface area contributed by atoms with Gasteiger partial charge in [-0.05, 0) is 50.3 Å². The number of rotatable bonds is 9. The van der Waals surface area contributed by atoms with E-state index < -0.39 is 23.7 Å². The van der Waals surface area contributed by atoms with Crippen molar-refractivity contribution >= 4 is 105 Å². The van der Waals surface area contributed by atoms with Crippen LogP contribution < -0.4 is 5.01 Å². The molecule has 2 heterocycles. The molecule has 4 rings (SSSR count). The molecule has 0 saturated heterocycles. The van der Waals surface area contributed by atoms with E-state index in [1.54, 1.807) is 13.8 Å². The summed E-state index contributed by atoms with van der Waals surface area (Å²) in [5, 5.41) is 20.9. The van der Waals surface area contributed by atoms with Crippen molar-refractivity contribution in [3.8, 4) is 11.6 Å². The molecule has 0 aliphatic carbocycles. The summed E-state index contributed by atoms with van der Waals surface area (Å²) in [6.07, 6.45) is 7.02. The van der Waals surface area contributed by atoms with Gasteiger partial charge in [-0.3, -0.25) is 4.79 Å². The number of carbonyl (C=O) groups is 3. The molecule has 16 heteroatoms. The van der Waals surface area contributed by atoms with Crippen LogP contribution in [0.25, 0.3) is 11.8 Å². The maximum atomic E-state index is 13.3. The SMILES string of the molecule is CCOC(=O)C1=NN(c2c(Cl)cc(Cl)cc2Cl)C(=O)\C1=C/C=C/C=C/c1c(C(=O)OCC)nn(-c2c(Cl)cc(Cl)cc2Cl)c1O. The third-order valence-corrected chi connectivity index (χ3v) is 7.44. The van der Waals surface area contributed by atoms with E-state index in [0.29, 0.717) is 0 Å². The van der Waals surface area contributed by atoms with Gasteiger partial charge in [0.05, 0.1) is 44.4 Å². The van der Waals surface area contributed by atoms with Crippen molar-refractivity contribution in [3.63, 3.8) is 0 Å². The standard InChI is InChI=1S/C29H20Cl6N4O6/c1-3-44-28(42)22-16(26(40)38(36-22)24-18(32)10-14(30)11-19(24)33)8-6-5-7-9-17-23(29(43)45-4-2)37-39(27(17)41)25-20(34)12-15(31)13-21(25)35/h5-13,40H,3-4H2,1-2H3/b7-5+,8-6+,17-9-. The molecule has 0 saturated carbocycles. The molecule has 0 fully saturated rings. The number of hydrogen-bond acceptors (Lipinski definition) is 8. The highest BCUT2D eigenvalue weighted by Gasteiger charge is 2.37. The van der Waals surface area contributed by atoms with Crippen molar-refractivity contribution in [3.05, 3.63) is 95.5 Å². The zero-order valence-electron chi connectivity index (χ0n) is 23.2. The van der Waals surface area contributed by atoms with Crippen molar-refractivity contribution in [2.24, 2.45) is 5.10 Å². The molecule has 0 unspecified atom stereocenters. The largest absolute Gasteiger partial charge is 0.493 e. The topological polar surface area (TPSA) is 123 Å². The van der Waals surface area contributed by atoms with Gasteiger partial charge >= 0.3 is 11.9 Å². The van der Waals surface area contributed by atoms with E-state index in [1.807, 2.05) is 0 Å². The molecule has 0 bridgehead atoms. The first-order chi connectivity index (χ1) is 21.4. The number of aromatic hydroxyl groups is 1. The molecule has 10 nitrogen and oxygen atoms in total. The Morgan fingerprint density at radius 1 is 0.822 bits per heavy atom. The Hall–Kier alpha value is -3.51. The lowest BCUT2D eigenvalue weighted by Gasteiger charge is -2.15. The number of esters is 2. The maximum Gasteiger partial charge on any atom is 0.359 e. The summed E-state index contributed by atoms with van der Waals surface area (Å²) in [7, 11) is 0. The second-order valence-corrected chi connectivity index (χ2v) is 11.3. The number of aromatic nitrogens is 2. The van der Waals surface area contributed by atoms with Crippen molar-refractivity contribution in [2.45, 2.75) is 13.8 Å². The van der Waals surface area contributed by atoms with Gasteiger partial charge in [-0.1, -0.05) is 87.8 Å². The van der Waals surface area contributed by atoms with Gasteiger partial charge in [0.15, 0.2) is 11.4 Å². The molecule has 0 radical (unpaired) electrons. The summed E-state index contributed by atoms with van der Waals surface area (Å²) in [6, 6.07) is 5.55. The van der Waals surface area contributed by atoms with Crippen molar-refractivity contribution < 1.29 is 29.0 Å². The van der Waals surface area contributed by atoms with E-state index in [0.717, 1.165) is 9.69 Å². The Balaban J connectivity index is 1.70. The molecule has 0 atom stereocenters. The Morgan fingerprint density at radius 2 is 1.36 bits per heavy atom. The zero-order valence-corrected chi connectivity index (χ0v) is 27.7. The Bertz CT molecular complexity index is 1790. The van der Waals surface area contributed by atoms with Crippen LogP contribution in [0.1, 0.15) is 29.9 Å². The van der Waals surface area contributed by atoms with Crippen molar-refractivity contribution in [2.75, 3.05) is 18.2 Å². The van der Waals surface area contributed by atoms with E-state index in [4.69, 9.17) is 79.1 Å². The first-order valence-electron chi connectivity index (χ1n) is 12.8. The number of hydrogen-bond donors (Lipinski definition) is 1. The zero-order chi connectivity index (χ0) is 33.0. The molecule has 1 aliphatic heterocycles. The molecular formula is C29H20Cl6N4O6. The number of carbonyl (C=O) groups excluding carboxylic acids is 3. The van der Waals surface area contributed by atoms with E-state index >= 15 is 0 Å². The van der Waals surface area contributed by atoms with Gasteiger partial charge in [0.1, 0.15) is 11.4 Å². The van der Waals surface area contributed by atoms with Crippen LogP contribution in [-0.4, -0.2) is 51.7 Å². The minimum atomic E-state index is -0.847. The summed E-state index contributed by atoms with van der Waals surface area (Å²) >= 11 is 37.2. The highest BCUT2D eigenvalue weighted by Crippen LogP contribution is 2.40. The van der Waals surface area contributed by atoms with E-state index in [-0.39, 0.29) is 77.3 Å². The number of nitrogens with zero attached hydrogens (tertiary/aromatic N) is 4. The van der Waals surface area contributed by atoms with Crippen LogP contribution in [-0.2, 0) is 19.1 Å². The lowest BCUT2D eigenvalue weighted by atomic mass is 10.1. The molecule has 45 heavy (non-hydrogen) atoms. The van der Waals surface area contributed by atoms with Crippen LogP contribution in [0.5, 0.6) is 5.88 Å². The molecular weight excluding hydrogens is 713 g/mol. The monoisotopic (exact) mass is 730 g/mol. The van der Waals surface area contributed by atoms with E-state index in [9.17, 15) is 19.5 Å². The third kappa shape index (κ3) is 7.33. The van der Waals surface area contributed by atoms with Crippen LogP contribution in [0.15, 0.2) is 59.2 Å². The number of allylic oxidation sites excluding steroid dienone is 4. The molecule has 1 aromatic heterocycles. The Labute approximate surface area is 286 Å². The molecule has 1 amide bonds. The summed E-state index contributed by atoms with van der Waals surface area (Å²) in [5.74, 6) is -2.84. The van der Waals surface area contributed by atoms with Crippen LogP contribution in [0, 0.1) is 0 Å². The fourth-order valence-corrected chi connectivity index (χ4v) is 5.94. The van der Waals surface area contributed by atoms with Crippen LogP contribution in [0.2, 0.25) is 30.1 Å². The lowest BCUT2D eigenvalue weighted by molar-refractivity contribution is -0.135. The van der Waals surface area contributed by atoms with Gasteiger partial charge in [0.25, 0.3) is 5.91 Å². The average molecular weight is 733 g/mol. The number of halogens is 6. The number of ether oxygens (including phenoxy) is 2. The number of anilines is 1. The third-order valence-electron chi connectivity index (χ3n) is 5.85. The highest BCUT2D eigenvalue weighted by atomic mass is 35.5. The summed E-state index contributed by atoms with van der Waals surface area (Å²) in [6.45, 7) is 3.30. The quantitative estimate of drug-likeness (QED) is 0.134. The fourth-order valence-electron chi connectivity index (χ4n) is 3.99. The number of hydrazone groups is 1. The number of benzene rings is 2. The summed E-state index contributed by atoms with van der Waals surface area (Å²) in [4.78, 5) is 38.7. The minimum Gasteiger partial charge on any atom is -0.493 e. The number of amides is 1. The smallest absolute Gasteiger partial charge is 0.359 e. The summed E-state index contributed by atoms with van der Waals surface area (Å²) < 4.78 is 11.1. The van der Waals surface area contributed by atoms with Gasteiger partial charge in [0, 0.05) is 10.0 Å². The van der Waals surface area contributed by atoms with Gasteiger partial charge < -0.3 is 14.6 Å². The van der Waals surface area contributed by atoms with E-state index in [2.05, 4.69) is 10.2 Å². The molecule has 1 aliphatic rings. The predicted octanol–water partition coefficient (Wildman–Crippen LogP) is 8.14. The molecule has 3 aromatic rings. The first kappa shape index (κ1) is 34.4. The molecule has 234 valence electrons. The maximum absolute atomic E-state index is 13.3. The summed E-state index contributed by atoms with van der Waals surface area (Å²) in [5.41, 5.74) is -0.525. The highest BCUT2D eigenvalue weighted by molar-refractivity contribution is 6.54. The van der Waals surface area contributed by atoms with Gasteiger partial charge in [0.2, 0.25) is 5.88 Å². The predicted molar refractivity (Wildman–Crippen MR) is 175 cm³/mol. The fraction of sp³-hybridized carbons (Fsp3) is 0.138. The Kier molecular flexibility index (Phi) is 11.2. The van der Waals surface area contributed by atoms with Crippen LogP contribution in [0.4, 0.5) is 5.69 Å². The second-order valence-electron chi connectivity index (χ2n) is 8.76. The van der Waals surface area contributed by atoms with Crippen LogP contribution >= 0.6 is 69.6 Å².